The standard InChI is InChI=1S/C18H13Cl2N3O2S/c19-13-6-8-14(9-7-13)25-11-17-22-23-18(26-17)21-16(24)10-5-12-3-1-2-4-15(12)20/h1-10H,11H2,(H,21,23,24). The Morgan fingerprint density at radius 3 is 2.65 bits per heavy atom. The van der Waals surface area contributed by atoms with Crippen LogP contribution in [0, 0.1) is 0 Å². The maximum Gasteiger partial charge on any atom is 0.250 e. The van der Waals surface area contributed by atoms with Gasteiger partial charge in [-0.15, -0.1) is 10.2 Å². The number of nitrogens with zero attached hydrogens (tertiary/aromatic N) is 2. The van der Waals surface area contributed by atoms with Gasteiger partial charge >= 0.3 is 0 Å². The van der Waals surface area contributed by atoms with Crippen LogP contribution in [0.2, 0.25) is 10.0 Å². The Balaban J connectivity index is 1.53. The Morgan fingerprint density at radius 2 is 1.88 bits per heavy atom. The Bertz CT molecular complexity index is 926. The molecule has 1 heterocycles. The van der Waals surface area contributed by atoms with Gasteiger partial charge in [-0.2, -0.15) is 0 Å². The van der Waals surface area contributed by atoms with Crippen molar-refractivity contribution in [1.29, 1.82) is 0 Å². The molecule has 0 bridgehead atoms. The molecule has 1 N–H and O–H groups in total. The normalized spacial score (nSPS) is 10.8. The summed E-state index contributed by atoms with van der Waals surface area (Å²) < 4.78 is 5.59. The third kappa shape index (κ3) is 5.29. The molecule has 0 aliphatic carbocycles. The van der Waals surface area contributed by atoms with Crippen LogP contribution in [0.5, 0.6) is 5.75 Å². The van der Waals surface area contributed by atoms with E-state index in [0.29, 0.717) is 25.9 Å². The second-order valence-corrected chi connectivity index (χ2v) is 6.99. The molecule has 0 saturated heterocycles. The zero-order valence-electron chi connectivity index (χ0n) is 13.4. The third-order valence-corrected chi connectivity index (χ3v) is 4.60. The minimum Gasteiger partial charge on any atom is -0.486 e. The van der Waals surface area contributed by atoms with Gasteiger partial charge in [0.2, 0.25) is 11.0 Å². The zero-order chi connectivity index (χ0) is 18.4. The zero-order valence-corrected chi connectivity index (χ0v) is 15.7. The molecule has 26 heavy (non-hydrogen) atoms. The van der Waals surface area contributed by atoms with Gasteiger partial charge in [0.15, 0.2) is 5.01 Å². The van der Waals surface area contributed by atoms with Crippen LogP contribution >= 0.6 is 34.5 Å². The molecule has 2 aromatic carbocycles. The number of halogens is 2. The average molecular weight is 406 g/mol. The molecule has 0 fully saturated rings. The maximum atomic E-state index is 12.0. The predicted molar refractivity (Wildman–Crippen MR) is 105 cm³/mol. The summed E-state index contributed by atoms with van der Waals surface area (Å²) >= 11 is 13.1. The summed E-state index contributed by atoms with van der Waals surface area (Å²) in [7, 11) is 0. The van der Waals surface area contributed by atoms with Gasteiger partial charge in [0.25, 0.3) is 0 Å². The van der Waals surface area contributed by atoms with Crippen LogP contribution in [0.4, 0.5) is 5.13 Å². The minimum atomic E-state index is -0.314. The molecule has 0 aliphatic heterocycles. The highest BCUT2D eigenvalue weighted by atomic mass is 35.5. The van der Waals surface area contributed by atoms with Crippen LogP contribution < -0.4 is 10.1 Å². The van der Waals surface area contributed by atoms with E-state index < -0.39 is 0 Å². The number of hydrogen-bond donors (Lipinski definition) is 1. The molecular weight excluding hydrogens is 393 g/mol. The van der Waals surface area contributed by atoms with Crippen molar-refractivity contribution < 1.29 is 9.53 Å². The van der Waals surface area contributed by atoms with Crippen molar-refractivity contribution >= 4 is 51.7 Å². The van der Waals surface area contributed by atoms with E-state index in [-0.39, 0.29) is 12.5 Å². The molecule has 3 aromatic rings. The van der Waals surface area contributed by atoms with Crippen molar-refractivity contribution in [3.8, 4) is 5.75 Å². The summed E-state index contributed by atoms with van der Waals surface area (Å²) in [5, 5.41) is 12.8. The summed E-state index contributed by atoms with van der Waals surface area (Å²) in [5.41, 5.74) is 0.763. The van der Waals surface area contributed by atoms with Gasteiger partial charge in [0.05, 0.1) is 0 Å². The highest BCUT2D eigenvalue weighted by molar-refractivity contribution is 7.15. The number of carbonyl (C=O) groups is 1. The van der Waals surface area contributed by atoms with Crippen LogP contribution in [-0.4, -0.2) is 16.1 Å². The van der Waals surface area contributed by atoms with Crippen LogP contribution in [0.3, 0.4) is 0 Å². The fourth-order valence-electron chi connectivity index (χ4n) is 1.96. The van der Waals surface area contributed by atoms with Gasteiger partial charge in [0.1, 0.15) is 12.4 Å². The summed E-state index contributed by atoms with van der Waals surface area (Å²) in [5.74, 6) is 0.365. The molecule has 1 amide bonds. The SMILES string of the molecule is O=C(C=Cc1ccccc1Cl)Nc1nnc(COc2ccc(Cl)cc2)s1. The van der Waals surface area contributed by atoms with Gasteiger partial charge in [-0.1, -0.05) is 52.7 Å². The number of anilines is 1. The number of rotatable bonds is 6. The highest BCUT2D eigenvalue weighted by Crippen LogP contribution is 2.20. The Labute approximate surface area is 164 Å². The maximum absolute atomic E-state index is 12.0. The van der Waals surface area contributed by atoms with Gasteiger partial charge in [-0.25, -0.2) is 0 Å². The van der Waals surface area contributed by atoms with E-state index in [1.54, 1.807) is 36.4 Å². The van der Waals surface area contributed by atoms with Crippen molar-refractivity contribution in [2.24, 2.45) is 0 Å². The molecule has 3 rings (SSSR count). The molecule has 1 aromatic heterocycles. The number of hydrogen-bond acceptors (Lipinski definition) is 5. The van der Waals surface area contributed by atoms with Gasteiger partial charge < -0.3 is 4.74 Å². The lowest BCUT2D eigenvalue weighted by Gasteiger charge is -2.02. The molecule has 8 heteroatoms. The van der Waals surface area contributed by atoms with Crippen molar-refractivity contribution in [3.63, 3.8) is 0 Å². The molecule has 0 unspecified atom stereocenters. The number of ether oxygens (including phenoxy) is 1. The first-order valence-electron chi connectivity index (χ1n) is 7.54. The molecule has 0 saturated carbocycles. The second kappa shape index (κ2) is 8.80. The lowest BCUT2D eigenvalue weighted by Crippen LogP contribution is -2.07. The first-order valence-corrected chi connectivity index (χ1v) is 9.12. The molecule has 0 radical (unpaired) electrons. The third-order valence-electron chi connectivity index (χ3n) is 3.19. The number of aromatic nitrogens is 2. The van der Waals surface area contributed by atoms with Crippen molar-refractivity contribution in [1.82, 2.24) is 10.2 Å². The monoisotopic (exact) mass is 405 g/mol. The number of amides is 1. The fraction of sp³-hybridized carbons (Fsp3) is 0.0556. The molecule has 5 nitrogen and oxygen atoms in total. The predicted octanol–water partition coefficient (Wildman–Crippen LogP) is 5.08. The lowest BCUT2D eigenvalue weighted by atomic mass is 10.2. The summed E-state index contributed by atoms with van der Waals surface area (Å²) in [6.07, 6.45) is 3.04. The Morgan fingerprint density at radius 1 is 1.12 bits per heavy atom. The van der Waals surface area contributed by atoms with Crippen LogP contribution in [0.25, 0.3) is 6.08 Å². The van der Waals surface area contributed by atoms with Gasteiger partial charge in [-0.3, -0.25) is 10.1 Å². The van der Waals surface area contributed by atoms with E-state index in [0.717, 1.165) is 5.56 Å². The van der Waals surface area contributed by atoms with Crippen LogP contribution in [-0.2, 0) is 11.4 Å². The topological polar surface area (TPSA) is 64.1 Å². The van der Waals surface area contributed by atoms with E-state index in [4.69, 9.17) is 27.9 Å². The smallest absolute Gasteiger partial charge is 0.250 e. The van der Waals surface area contributed by atoms with Gasteiger partial charge in [0, 0.05) is 16.1 Å². The van der Waals surface area contributed by atoms with Crippen LogP contribution in [0.15, 0.2) is 54.6 Å². The largest absolute Gasteiger partial charge is 0.486 e. The van der Waals surface area contributed by atoms with E-state index >= 15 is 0 Å². The minimum absolute atomic E-state index is 0.255. The lowest BCUT2D eigenvalue weighted by molar-refractivity contribution is -0.111. The molecular formula is C18H13Cl2N3O2S. The summed E-state index contributed by atoms with van der Waals surface area (Å²) in [6, 6.07) is 14.3. The summed E-state index contributed by atoms with van der Waals surface area (Å²) in [6.45, 7) is 0.255. The van der Waals surface area contributed by atoms with Crippen molar-refractivity contribution in [2.45, 2.75) is 6.61 Å². The van der Waals surface area contributed by atoms with E-state index in [1.807, 2.05) is 18.2 Å². The summed E-state index contributed by atoms with van der Waals surface area (Å²) in [4.78, 5) is 12.0. The van der Waals surface area contributed by atoms with E-state index in [2.05, 4.69) is 15.5 Å². The second-order valence-electron chi connectivity index (χ2n) is 5.09. The molecule has 0 atom stereocenters. The number of nitrogens with one attached hydrogen (secondary N) is 1. The van der Waals surface area contributed by atoms with E-state index in [9.17, 15) is 4.79 Å². The van der Waals surface area contributed by atoms with Gasteiger partial charge in [-0.05, 0) is 42.0 Å². The van der Waals surface area contributed by atoms with Crippen LogP contribution in [0.1, 0.15) is 10.6 Å². The first-order chi connectivity index (χ1) is 12.6. The van der Waals surface area contributed by atoms with Crippen molar-refractivity contribution in [2.75, 3.05) is 5.32 Å². The molecule has 0 spiro atoms. The number of benzene rings is 2. The Kier molecular flexibility index (Phi) is 6.22. The first kappa shape index (κ1) is 18.4. The Hall–Kier alpha value is -2.41. The number of carbonyl (C=O) groups excluding carboxylic acids is 1. The molecule has 132 valence electrons. The fourth-order valence-corrected chi connectivity index (χ4v) is 2.94. The average Bonchev–Trinajstić information content (AvgIpc) is 3.08. The van der Waals surface area contributed by atoms with E-state index in [1.165, 1.54) is 17.4 Å². The quantitative estimate of drug-likeness (QED) is 0.580. The molecule has 0 aliphatic rings. The van der Waals surface area contributed by atoms with Crippen molar-refractivity contribution in [3.05, 3.63) is 75.2 Å². The highest BCUT2D eigenvalue weighted by Gasteiger charge is 2.07.